The second-order valence-corrected chi connectivity index (χ2v) is 3.26. The summed E-state index contributed by atoms with van der Waals surface area (Å²) in [6, 6.07) is 2.94. The van der Waals surface area contributed by atoms with Gasteiger partial charge in [0.1, 0.15) is 0 Å². The summed E-state index contributed by atoms with van der Waals surface area (Å²) >= 11 is 0. The number of benzene rings is 1. The van der Waals surface area contributed by atoms with Gasteiger partial charge in [-0.3, -0.25) is 14.9 Å². The Morgan fingerprint density at radius 1 is 1.65 bits per heavy atom. The minimum Gasteiger partial charge on any atom is -0.469 e. The summed E-state index contributed by atoms with van der Waals surface area (Å²) in [7, 11) is 1.15. The smallest absolute Gasteiger partial charge is 0.308 e. The molecule has 0 aliphatic rings. The standard InChI is InChI=1S/C10H10FNO5/c1-17-10(14)5-9(13)6-2-3-7(11)8(4-6)12(15)16/h2-4,9,13H,5H2,1H3/t9-/m1/s1. The van der Waals surface area contributed by atoms with Crippen LogP contribution in [0.3, 0.4) is 0 Å². The maximum atomic E-state index is 13.0. The van der Waals surface area contributed by atoms with E-state index in [-0.39, 0.29) is 12.0 Å². The maximum Gasteiger partial charge on any atom is 0.308 e. The van der Waals surface area contributed by atoms with Crippen molar-refractivity contribution in [1.29, 1.82) is 0 Å². The van der Waals surface area contributed by atoms with E-state index in [9.17, 15) is 24.4 Å². The van der Waals surface area contributed by atoms with Crippen LogP contribution in [0, 0.1) is 15.9 Å². The molecule has 0 bridgehead atoms. The van der Waals surface area contributed by atoms with E-state index in [1.807, 2.05) is 0 Å². The van der Waals surface area contributed by atoms with Gasteiger partial charge in [-0.15, -0.1) is 0 Å². The lowest BCUT2D eigenvalue weighted by Crippen LogP contribution is -2.08. The first kappa shape index (κ1) is 13.0. The van der Waals surface area contributed by atoms with Crippen molar-refractivity contribution in [2.45, 2.75) is 12.5 Å². The zero-order chi connectivity index (χ0) is 13.0. The first-order chi connectivity index (χ1) is 7.95. The van der Waals surface area contributed by atoms with Gasteiger partial charge in [-0.1, -0.05) is 6.07 Å². The minimum atomic E-state index is -1.26. The van der Waals surface area contributed by atoms with Crippen molar-refractivity contribution in [3.05, 3.63) is 39.7 Å². The van der Waals surface area contributed by atoms with Crippen LogP contribution in [0.1, 0.15) is 18.1 Å². The van der Waals surface area contributed by atoms with E-state index in [0.29, 0.717) is 0 Å². The number of rotatable bonds is 4. The van der Waals surface area contributed by atoms with Crippen molar-refractivity contribution in [3.63, 3.8) is 0 Å². The number of carbonyl (C=O) groups is 1. The Bertz CT molecular complexity index is 448. The molecule has 7 heteroatoms. The molecule has 0 fully saturated rings. The monoisotopic (exact) mass is 243 g/mol. The van der Waals surface area contributed by atoms with Crippen molar-refractivity contribution in [2.24, 2.45) is 0 Å². The van der Waals surface area contributed by atoms with Crippen molar-refractivity contribution in [2.75, 3.05) is 7.11 Å². The minimum absolute atomic E-state index is 0.0866. The zero-order valence-corrected chi connectivity index (χ0v) is 8.92. The molecular weight excluding hydrogens is 233 g/mol. The van der Waals surface area contributed by atoms with Gasteiger partial charge in [0.25, 0.3) is 0 Å². The average molecular weight is 243 g/mol. The highest BCUT2D eigenvalue weighted by Gasteiger charge is 2.19. The summed E-state index contributed by atoms with van der Waals surface area (Å²) in [5, 5.41) is 20.0. The lowest BCUT2D eigenvalue weighted by Gasteiger charge is -2.09. The van der Waals surface area contributed by atoms with Crippen LogP contribution in [0.4, 0.5) is 10.1 Å². The molecule has 0 heterocycles. The highest BCUT2D eigenvalue weighted by Crippen LogP contribution is 2.24. The number of nitro benzene ring substituents is 1. The number of hydrogen-bond acceptors (Lipinski definition) is 5. The molecule has 1 aromatic carbocycles. The molecule has 1 aromatic rings. The summed E-state index contributed by atoms with van der Waals surface area (Å²) in [4.78, 5) is 20.5. The molecule has 0 aromatic heterocycles. The zero-order valence-electron chi connectivity index (χ0n) is 8.92. The second-order valence-electron chi connectivity index (χ2n) is 3.26. The topological polar surface area (TPSA) is 89.7 Å². The summed E-state index contributed by atoms with van der Waals surface area (Å²) in [5.41, 5.74) is -0.657. The summed E-state index contributed by atoms with van der Waals surface area (Å²) in [6.07, 6.45) is -1.61. The molecule has 1 N–H and O–H groups in total. The Morgan fingerprint density at radius 3 is 2.82 bits per heavy atom. The van der Waals surface area contributed by atoms with Crippen LogP contribution in [-0.4, -0.2) is 23.1 Å². The number of carbonyl (C=O) groups excluding carboxylic acids is 1. The lowest BCUT2D eigenvalue weighted by atomic mass is 10.1. The number of nitro groups is 1. The molecule has 0 saturated heterocycles. The molecular formula is C10H10FNO5. The third kappa shape index (κ3) is 3.22. The number of nitrogens with zero attached hydrogens (tertiary/aromatic N) is 1. The normalized spacial score (nSPS) is 11.9. The first-order valence-electron chi connectivity index (χ1n) is 4.64. The van der Waals surface area contributed by atoms with Crippen LogP contribution in [-0.2, 0) is 9.53 Å². The van der Waals surface area contributed by atoms with Gasteiger partial charge in [-0.25, -0.2) is 0 Å². The van der Waals surface area contributed by atoms with Crippen molar-refractivity contribution >= 4 is 11.7 Å². The molecule has 0 radical (unpaired) electrons. The molecule has 92 valence electrons. The van der Waals surface area contributed by atoms with Crippen LogP contribution in [0.5, 0.6) is 0 Å². The fraction of sp³-hybridized carbons (Fsp3) is 0.300. The van der Waals surface area contributed by atoms with Crippen molar-refractivity contribution < 1.29 is 24.0 Å². The molecule has 0 aliphatic carbocycles. The van der Waals surface area contributed by atoms with Gasteiger partial charge >= 0.3 is 11.7 Å². The predicted molar refractivity (Wildman–Crippen MR) is 54.6 cm³/mol. The second kappa shape index (κ2) is 5.35. The fourth-order valence-corrected chi connectivity index (χ4v) is 1.24. The molecule has 1 rings (SSSR count). The maximum absolute atomic E-state index is 13.0. The number of methoxy groups -OCH3 is 1. The van der Waals surface area contributed by atoms with E-state index in [4.69, 9.17) is 0 Å². The molecule has 0 aliphatic heterocycles. The van der Waals surface area contributed by atoms with E-state index < -0.39 is 28.5 Å². The Balaban J connectivity index is 2.95. The Kier molecular flexibility index (Phi) is 4.11. The fourth-order valence-electron chi connectivity index (χ4n) is 1.24. The highest BCUT2D eigenvalue weighted by atomic mass is 19.1. The van der Waals surface area contributed by atoms with E-state index in [0.717, 1.165) is 19.2 Å². The van der Waals surface area contributed by atoms with E-state index in [1.165, 1.54) is 6.07 Å². The largest absolute Gasteiger partial charge is 0.469 e. The molecule has 0 spiro atoms. The Morgan fingerprint density at radius 2 is 2.29 bits per heavy atom. The number of hydrogen-bond donors (Lipinski definition) is 1. The van der Waals surface area contributed by atoms with Crippen LogP contribution in [0.15, 0.2) is 18.2 Å². The molecule has 0 amide bonds. The van der Waals surface area contributed by atoms with Crippen LogP contribution in [0.2, 0.25) is 0 Å². The molecule has 1 atom stereocenters. The van der Waals surface area contributed by atoms with E-state index in [1.54, 1.807) is 0 Å². The number of ether oxygens (including phenoxy) is 1. The van der Waals surface area contributed by atoms with Crippen molar-refractivity contribution in [1.82, 2.24) is 0 Å². The first-order valence-corrected chi connectivity index (χ1v) is 4.64. The van der Waals surface area contributed by atoms with Gasteiger partial charge in [0, 0.05) is 6.07 Å². The van der Waals surface area contributed by atoms with Crippen LogP contribution < -0.4 is 0 Å². The molecule has 0 saturated carbocycles. The number of aliphatic hydroxyl groups is 1. The van der Waals surface area contributed by atoms with Gasteiger partial charge in [0.05, 0.1) is 24.6 Å². The van der Waals surface area contributed by atoms with Crippen LogP contribution >= 0.6 is 0 Å². The van der Waals surface area contributed by atoms with Gasteiger partial charge in [-0.2, -0.15) is 4.39 Å². The Hall–Kier alpha value is -2.02. The summed E-state index contributed by atoms with van der Waals surface area (Å²) in [6.45, 7) is 0. The Labute approximate surface area is 95.8 Å². The average Bonchev–Trinajstić information content (AvgIpc) is 2.28. The quantitative estimate of drug-likeness (QED) is 0.489. The lowest BCUT2D eigenvalue weighted by molar-refractivity contribution is -0.387. The number of halogens is 1. The summed E-state index contributed by atoms with van der Waals surface area (Å²) < 4.78 is 17.3. The van der Waals surface area contributed by atoms with Crippen molar-refractivity contribution in [3.8, 4) is 0 Å². The van der Waals surface area contributed by atoms with Gasteiger partial charge < -0.3 is 9.84 Å². The van der Waals surface area contributed by atoms with E-state index in [2.05, 4.69) is 4.74 Å². The number of esters is 1. The van der Waals surface area contributed by atoms with Gasteiger partial charge in [0.2, 0.25) is 5.82 Å². The summed E-state index contributed by atoms with van der Waals surface area (Å²) in [5.74, 6) is -1.66. The SMILES string of the molecule is COC(=O)C[C@@H](O)c1ccc(F)c([N+](=O)[O-])c1. The molecule has 0 unspecified atom stereocenters. The predicted octanol–water partition coefficient (Wildman–Crippen LogP) is 1.33. The van der Waals surface area contributed by atoms with E-state index >= 15 is 0 Å². The third-order valence-electron chi connectivity index (χ3n) is 2.14. The van der Waals surface area contributed by atoms with Crippen LogP contribution in [0.25, 0.3) is 0 Å². The number of aliphatic hydroxyl groups excluding tert-OH is 1. The highest BCUT2D eigenvalue weighted by molar-refractivity contribution is 5.70. The third-order valence-corrected chi connectivity index (χ3v) is 2.14. The van der Waals surface area contributed by atoms with Gasteiger partial charge in [-0.05, 0) is 11.6 Å². The molecule has 17 heavy (non-hydrogen) atoms. The van der Waals surface area contributed by atoms with Gasteiger partial charge in [0.15, 0.2) is 0 Å². The molecule has 6 nitrogen and oxygen atoms in total.